The van der Waals surface area contributed by atoms with Crippen molar-refractivity contribution < 1.29 is 14.3 Å². The van der Waals surface area contributed by atoms with E-state index in [1.807, 2.05) is 0 Å². The van der Waals surface area contributed by atoms with Gasteiger partial charge in [-0.3, -0.25) is 4.79 Å². The Hall–Kier alpha value is -1.99. The highest BCUT2D eigenvalue weighted by molar-refractivity contribution is 6.30. The lowest BCUT2D eigenvalue weighted by Crippen LogP contribution is -2.41. The molecule has 0 aliphatic heterocycles. The molecule has 8 heteroatoms. The van der Waals surface area contributed by atoms with Gasteiger partial charge in [-0.2, -0.15) is 0 Å². The van der Waals surface area contributed by atoms with E-state index in [1.165, 1.54) is 13.3 Å². The van der Waals surface area contributed by atoms with Crippen molar-refractivity contribution in [3.8, 4) is 0 Å². The first kappa shape index (κ1) is 14.4. The number of H-pyrrole nitrogens is 1. The number of nitrogens with one attached hydrogen (secondary N) is 2. The molecule has 1 aliphatic carbocycles. The molecule has 1 saturated carbocycles. The van der Waals surface area contributed by atoms with Crippen LogP contribution in [0.3, 0.4) is 0 Å². The minimum atomic E-state index is -0.621. The Morgan fingerprint density at radius 2 is 2.35 bits per heavy atom. The summed E-state index contributed by atoms with van der Waals surface area (Å²) in [6, 6.07) is 0.188. The van der Waals surface area contributed by atoms with Gasteiger partial charge in [0, 0.05) is 12.2 Å². The predicted molar refractivity (Wildman–Crippen MR) is 72.5 cm³/mol. The van der Waals surface area contributed by atoms with Gasteiger partial charge in [-0.15, -0.1) is 0 Å². The van der Waals surface area contributed by atoms with Crippen molar-refractivity contribution in [1.29, 1.82) is 0 Å². The Kier molecular flexibility index (Phi) is 4.31. The van der Waals surface area contributed by atoms with E-state index in [-0.39, 0.29) is 18.5 Å². The number of carbonyl (C=O) groups excluding carboxylic acids is 2. The molecule has 2 amide bonds. The summed E-state index contributed by atoms with van der Waals surface area (Å²) in [6.07, 6.45) is 1.85. The van der Waals surface area contributed by atoms with Crippen LogP contribution in [0, 0.1) is 5.92 Å². The molecule has 1 aromatic rings. The van der Waals surface area contributed by atoms with Gasteiger partial charge >= 0.3 is 6.09 Å². The van der Waals surface area contributed by atoms with Crippen molar-refractivity contribution in [3.05, 3.63) is 12.0 Å². The Labute approximate surface area is 118 Å². The zero-order valence-electron chi connectivity index (χ0n) is 11.5. The standard InChI is InChI=1S/C12H17BN4O3/c1-7-3-8(7)17(6-10-14-4-9(13)16-10)11(18)5-15-12(19)20-2/h4,7-8H,3,5-6H2,1-2H3,(H,14,16)(H,15,19). The van der Waals surface area contributed by atoms with Crippen molar-refractivity contribution in [1.82, 2.24) is 20.2 Å². The maximum absolute atomic E-state index is 12.2. The van der Waals surface area contributed by atoms with Gasteiger partial charge in [0.15, 0.2) is 0 Å². The molecule has 0 saturated heterocycles. The third-order valence-electron chi connectivity index (χ3n) is 3.33. The van der Waals surface area contributed by atoms with Gasteiger partial charge in [0.2, 0.25) is 5.91 Å². The van der Waals surface area contributed by atoms with Gasteiger partial charge in [-0.05, 0) is 17.9 Å². The molecule has 1 aromatic heterocycles. The number of methoxy groups -OCH3 is 1. The molecule has 20 heavy (non-hydrogen) atoms. The molecule has 106 valence electrons. The molecule has 0 bridgehead atoms. The summed E-state index contributed by atoms with van der Waals surface area (Å²) in [4.78, 5) is 31.9. The summed E-state index contributed by atoms with van der Waals surface area (Å²) in [7, 11) is 6.83. The molecule has 2 radical (unpaired) electrons. The fourth-order valence-corrected chi connectivity index (χ4v) is 2.07. The van der Waals surface area contributed by atoms with Crippen LogP contribution >= 0.6 is 0 Å². The quantitative estimate of drug-likeness (QED) is 0.696. The zero-order valence-corrected chi connectivity index (χ0v) is 11.5. The van der Waals surface area contributed by atoms with Gasteiger partial charge in [-0.25, -0.2) is 9.78 Å². The third-order valence-corrected chi connectivity index (χ3v) is 3.33. The Morgan fingerprint density at radius 3 is 2.85 bits per heavy atom. The average Bonchev–Trinajstić information content (AvgIpc) is 3.00. The van der Waals surface area contributed by atoms with E-state index in [2.05, 4.69) is 26.9 Å². The fraction of sp³-hybridized carbons (Fsp3) is 0.583. The lowest BCUT2D eigenvalue weighted by Gasteiger charge is -2.22. The normalized spacial score (nSPS) is 20.3. The van der Waals surface area contributed by atoms with E-state index in [9.17, 15) is 9.59 Å². The van der Waals surface area contributed by atoms with Crippen molar-refractivity contribution in [2.24, 2.45) is 5.92 Å². The molecule has 7 nitrogen and oxygen atoms in total. The second kappa shape index (κ2) is 5.98. The highest BCUT2D eigenvalue weighted by atomic mass is 16.5. The summed E-state index contributed by atoms with van der Waals surface area (Å²) >= 11 is 0. The van der Waals surface area contributed by atoms with E-state index in [0.717, 1.165) is 6.42 Å². The van der Waals surface area contributed by atoms with Crippen LogP contribution in [-0.4, -0.2) is 54.4 Å². The van der Waals surface area contributed by atoms with Crippen LogP contribution in [0.15, 0.2) is 6.20 Å². The molecule has 2 atom stereocenters. The SMILES string of the molecule is [B]c1cnc(CN(C(=O)CNC(=O)OC)C2CC2C)[nH]1. The highest BCUT2D eigenvalue weighted by Crippen LogP contribution is 2.35. The van der Waals surface area contributed by atoms with Gasteiger partial charge in [0.1, 0.15) is 20.2 Å². The molecule has 1 heterocycles. The van der Waals surface area contributed by atoms with Crippen molar-refractivity contribution >= 4 is 25.4 Å². The second-order valence-corrected chi connectivity index (χ2v) is 4.93. The molecule has 1 aliphatic rings. The Balaban J connectivity index is 1.96. The van der Waals surface area contributed by atoms with Crippen molar-refractivity contribution in [2.75, 3.05) is 13.7 Å². The molecular weight excluding hydrogens is 259 g/mol. The lowest BCUT2D eigenvalue weighted by atomic mass is 10.1. The maximum atomic E-state index is 12.2. The number of ether oxygens (including phenoxy) is 1. The Morgan fingerprint density at radius 1 is 1.65 bits per heavy atom. The summed E-state index contributed by atoms with van der Waals surface area (Å²) < 4.78 is 4.44. The van der Waals surface area contributed by atoms with Gasteiger partial charge < -0.3 is 19.9 Å². The number of imidazole rings is 1. The van der Waals surface area contributed by atoms with Crippen molar-refractivity contribution in [2.45, 2.75) is 25.9 Å². The first-order valence-corrected chi connectivity index (χ1v) is 6.42. The van der Waals surface area contributed by atoms with Crippen LogP contribution in [0.2, 0.25) is 0 Å². The van der Waals surface area contributed by atoms with E-state index in [1.54, 1.807) is 4.90 Å². The molecule has 1 fully saturated rings. The number of nitrogens with zero attached hydrogens (tertiary/aromatic N) is 2. The van der Waals surface area contributed by atoms with Crippen LogP contribution in [0.5, 0.6) is 0 Å². The summed E-state index contributed by atoms with van der Waals surface area (Å²) in [5.74, 6) is 0.928. The maximum Gasteiger partial charge on any atom is 0.407 e. The number of hydrogen-bond donors (Lipinski definition) is 2. The summed E-state index contributed by atoms with van der Waals surface area (Å²) in [5.41, 5.74) is 0.462. The fourth-order valence-electron chi connectivity index (χ4n) is 2.07. The molecule has 0 spiro atoms. The van der Waals surface area contributed by atoms with Crippen LogP contribution in [-0.2, 0) is 16.1 Å². The van der Waals surface area contributed by atoms with E-state index >= 15 is 0 Å². The summed E-state index contributed by atoms with van der Waals surface area (Å²) in [5, 5.41) is 2.39. The topological polar surface area (TPSA) is 87.3 Å². The molecular formula is C12H17BN4O3. The predicted octanol–water partition coefficient (Wildman–Crippen LogP) is -0.703. The number of carbonyl (C=O) groups is 2. The average molecular weight is 276 g/mol. The van der Waals surface area contributed by atoms with Crippen LogP contribution in [0.25, 0.3) is 0 Å². The number of aromatic nitrogens is 2. The minimum Gasteiger partial charge on any atom is -0.453 e. The van der Waals surface area contributed by atoms with E-state index in [4.69, 9.17) is 7.85 Å². The summed E-state index contributed by atoms with van der Waals surface area (Å²) in [6.45, 7) is 2.34. The van der Waals surface area contributed by atoms with Gasteiger partial charge in [-0.1, -0.05) is 6.92 Å². The van der Waals surface area contributed by atoms with Crippen LogP contribution in [0.1, 0.15) is 19.2 Å². The first-order valence-electron chi connectivity index (χ1n) is 6.42. The lowest BCUT2D eigenvalue weighted by molar-refractivity contribution is -0.131. The van der Waals surface area contributed by atoms with Crippen molar-refractivity contribution in [3.63, 3.8) is 0 Å². The van der Waals surface area contributed by atoms with E-state index in [0.29, 0.717) is 23.9 Å². The monoisotopic (exact) mass is 276 g/mol. The van der Waals surface area contributed by atoms with E-state index < -0.39 is 6.09 Å². The molecule has 0 aromatic carbocycles. The van der Waals surface area contributed by atoms with Gasteiger partial charge in [0.05, 0.1) is 13.7 Å². The first-order chi connectivity index (χ1) is 9.51. The smallest absolute Gasteiger partial charge is 0.407 e. The number of aromatic amines is 1. The molecule has 2 rings (SSSR count). The molecule has 2 N–H and O–H groups in total. The number of hydrogen-bond acceptors (Lipinski definition) is 4. The number of amides is 2. The second-order valence-electron chi connectivity index (χ2n) is 4.93. The third kappa shape index (κ3) is 3.52. The van der Waals surface area contributed by atoms with Crippen LogP contribution < -0.4 is 10.9 Å². The van der Waals surface area contributed by atoms with Crippen LogP contribution in [0.4, 0.5) is 4.79 Å². The Bertz CT molecular complexity index is 505. The van der Waals surface area contributed by atoms with Gasteiger partial charge in [0.25, 0.3) is 0 Å². The number of rotatable bonds is 5. The molecule has 2 unspecified atom stereocenters. The minimum absolute atomic E-state index is 0.0912. The largest absolute Gasteiger partial charge is 0.453 e. The zero-order chi connectivity index (χ0) is 14.7. The number of alkyl carbamates (subject to hydrolysis) is 1. The highest BCUT2D eigenvalue weighted by Gasteiger charge is 2.40.